The molecule has 0 spiro atoms. The van der Waals surface area contributed by atoms with Gasteiger partial charge in [-0.15, -0.1) is 0 Å². The van der Waals surface area contributed by atoms with Crippen LogP contribution in [-0.2, 0) is 0 Å². The lowest BCUT2D eigenvalue weighted by Crippen LogP contribution is -2.48. The number of anilines is 2. The molecule has 1 aromatic heterocycles. The number of rotatable bonds is 4. The first kappa shape index (κ1) is 16.5. The van der Waals surface area contributed by atoms with Crippen LogP contribution in [0.15, 0.2) is 42.7 Å². The molecule has 1 atom stereocenters. The Bertz CT molecular complexity index is 664. The van der Waals surface area contributed by atoms with E-state index in [4.69, 9.17) is 11.6 Å². The van der Waals surface area contributed by atoms with Gasteiger partial charge in [-0.2, -0.15) is 0 Å². The van der Waals surface area contributed by atoms with E-state index < -0.39 is 0 Å². The first-order chi connectivity index (χ1) is 11.7. The fourth-order valence-electron chi connectivity index (χ4n) is 2.84. The highest BCUT2D eigenvalue weighted by molar-refractivity contribution is 6.30. The fourth-order valence-corrected chi connectivity index (χ4v) is 2.93. The summed E-state index contributed by atoms with van der Waals surface area (Å²) in [5.74, 6) is 0.661. The number of nitrogens with zero attached hydrogens (tertiary/aromatic N) is 3. The predicted molar refractivity (Wildman–Crippen MR) is 95.5 cm³/mol. The van der Waals surface area contributed by atoms with Gasteiger partial charge in [0.25, 0.3) is 0 Å². The Morgan fingerprint density at radius 3 is 2.71 bits per heavy atom. The smallest absolute Gasteiger partial charge is 0.319 e. The molecule has 126 valence electrons. The van der Waals surface area contributed by atoms with Crippen LogP contribution >= 0.6 is 11.6 Å². The highest BCUT2D eigenvalue weighted by atomic mass is 35.5. The molecular weight excluding hydrogens is 326 g/mol. The van der Waals surface area contributed by atoms with Crippen molar-refractivity contribution in [1.29, 1.82) is 0 Å². The van der Waals surface area contributed by atoms with Gasteiger partial charge >= 0.3 is 6.03 Å². The maximum atomic E-state index is 12.1. The lowest BCUT2D eigenvalue weighted by molar-refractivity contribution is 0.250. The summed E-state index contributed by atoms with van der Waals surface area (Å²) in [5, 5.41) is 6.29. The van der Waals surface area contributed by atoms with Crippen LogP contribution in [0.5, 0.6) is 0 Å². The molecule has 6 nitrogen and oxygen atoms in total. The minimum atomic E-state index is -0.205. The van der Waals surface area contributed by atoms with E-state index in [1.165, 1.54) is 0 Å². The number of para-hydroxylation sites is 1. The van der Waals surface area contributed by atoms with Crippen molar-refractivity contribution >= 4 is 29.3 Å². The molecule has 1 aromatic carbocycles. The van der Waals surface area contributed by atoms with E-state index in [1.807, 2.05) is 30.3 Å². The minimum Gasteiger partial charge on any atom is -0.336 e. The largest absolute Gasteiger partial charge is 0.336 e. The van der Waals surface area contributed by atoms with Gasteiger partial charge in [0, 0.05) is 24.8 Å². The molecule has 1 aliphatic heterocycles. The third-order valence-electron chi connectivity index (χ3n) is 4.02. The monoisotopic (exact) mass is 345 g/mol. The number of benzene rings is 1. The number of hydrogen-bond donors (Lipinski definition) is 2. The summed E-state index contributed by atoms with van der Waals surface area (Å²) in [6.07, 6.45) is 6.43. The maximum absolute atomic E-state index is 12.1. The van der Waals surface area contributed by atoms with E-state index in [0.29, 0.717) is 17.5 Å². The van der Waals surface area contributed by atoms with Gasteiger partial charge in [-0.25, -0.2) is 14.8 Å². The van der Waals surface area contributed by atoms with Gasteiger partial charge < -0.3 is 15.5 Å². The molecule has 1 aliphatic rings. The Morgan fingerprint density at radius 2 is 1.96 bits per heavy atom. The van der Waals surface area contributed by atoms with Crippen molar-refractivity contribution in [3.05, 3.63) is 47.7 Å². The van der Waals surface area contributed by atoms with Crippen LogP contribution in [0, 0.1) is 0 Å². The number of nitrogens with one attached hydrogen (secondary N) is 2. The van der Waals surface area contributed by atoms with Crippen molar-refractivity contribution in [3.8, 4) is 0 Å². The number of hydrogen-bond acceptors (Lipinski definition) is 4. The van der Waals surface area contributed by atoms with Gasteiger partial charge in [0.05, 0.1) is 17.4 Å². The Kier molecular flexibility index (Phi) is 5.48. The quantitative estimate of drug-likeness (QED) is 0.891. The first-order valence-corrected chi connectivity index (χ1v) is 8.44. The average molecular weight is 346 g/mol. The van der Waals surface area contributed by atoms with E-state index >= 15 is 0 Å². The van der Waals surface area contributed by atoms with Crippen molar-refractivity contribution in [2.24, 2.45) is 0 Å². The Balaban J connectivity index is 1.57. The molecule has 3 rings (SSSR count). The van der Waals surface area contributed by atoms with E-state index in [-0.39, 0.29) is 12.1 Å². The summed E-state index contributed by atoms with van der Waals surface area (Å²) in [6, 6.07) is 9.37. The Hall–Kier alpha value is -2.34. The second-order valence-corrected chi connectivity index (χ2v) is 6.18. The van der Waals surface area contributed by atoms with Gasteiger partial charge in [-0.3, -0.25) is 0 Å². The molecular formula is C17H20ClN5O. The van der Waals surface area contributed by atoms with Gasteiger partial charge in [-0.05, 0) is 31.4 Å². The average Bonchev–Trinajstić information content (AvgIpc) is 2.62. The van der Waals surface area contributed by atoms with Crippen molar-refractivity contribution in [3.63, 3.8) is 0 Å². The lowest BCUT2D eigenvalue weighted by Gasteiger charge is -2.35. The standard InChI is InChI=1S/C17H20ClN5O/c18-13-10-19-16(20-11-13)23-9-5-4-8-15(23)12-21-17(24)22-14-6-2-1-3-7-14/h1-3,6-7,10-11,15H,4-5,8-9,12H2,(H2,21,22,24). The summed E-state index contributed by atoms with van der Waals surface area (Å²) in [7, 11) is 0. The molecule has 0 bridgehead atoms. The molecule has 2 aromatic rings. The highest BCUT2D eigenvalue weighted by Gasteiger charge is 2.24. The van der Waals surface area contributed by atoms with E-state index in [2.05, 4.69) is 25.5 Å². The number of carbonyl (C=O) groups excluding carboxylic acids is 1. The van der Waals surface area contributed by atoms with E-state index in [9.17, 15) is 4.79 Å². The topological polar surface area (TPSA) is 70.2 Å². The molecule has 1 unspecified atom stereocenters. The zero-order valence-electron chi connectivity index (χ0n) is 13.3. The summed E-state index contributed by atoms with van der Waals surface area (Å²) in [5.41, 5.74) is 0.775. The van der Waals surface area contributed by atoms with Crippen LogP contribution in [0.1, 0.15) is 19.3 Å². The molecule has 7 heteroatoms. The SMILES string of the molecule is O=C(NCC1CCCCN1c1ncc(Cl)cn1)Nc1ccccc1. The summed E-state index contributed by atoms with van der Waals surface area (Å²) in [4.78, 5) is 22.8. The number of aromatic nitrogens is 2. The third-order valence-corrected chi connectivity index (χ3v) is 4.22. The van der Waals surface area contributed by atoms with Crippen LogP contribution < -0.4 is 15.5 Å². The summed E-state index contributed by atoms with van der Waals surface area (Å²) in [6.45, 7) is 1.43. The Labute approximate surface area is 146 Å². The molecule has 2 heterocycles. The van der Waals surface area contributed by atoms with Crippen LogP contribution in [0.4, 0.5) is 16.4 Å². The number of piperidine rings is 1. The molecule has 2 N–H and O–H groups in total. The first-order valence-electron chi connectivity index (χ1n) is 8.06. The molecule has 24 heavy (non-hydrogen) atoms. The maximum Gasteiger partial charge on any atom is 0.319 e. The van der Waals surface area contributed by atoms with Crippen molar-refractivity contribution in [2.75, 3.05) is 23.3 Å². The highest BCUT2D eigenvalue weighted by Crippen LogP contribution is 2.21. The number of carbonyl (C=O) groups is 1. The van der Waals surface area contributed by atoms with Crippen molar-refractivity contribution in [2.45, 2.75) is 25.3 Å². The molecule has 0 aliphatic carbocycles. The summed E-state index contributed by atoms with van der Waals surface area (Å²) < 4.78 is 0. The Morgan fingerprint density at radius 1 is 1.21 bits per heavy atom. The second-order valence-electron chi connectivity index (χ2n) is 5.75. The van der Waals surface area contributed by atoms with Crippen LogP contribution in [0.3, 0.4) is 0 Å². The van der Waals surface area contributed by atoms with Crippen LogP contribution in [-0.4, -0.2) is 35.1 Å². The van der Waals surface area contributed by atoms with E-state index in [0.717, 1.165) is 31.5 Å². The molecule has 1 saturated heterocycles. The van der Waals surface area contributed by atoms with Gasteiger partial charge in [0.1, 0.15) is 0 Å². The minimum absolute atomic E-state index is 0.182. The summed E-state index contributed by atoms with van der Waals surface area (Å²) >= 11 is 5.86. The normalized spacial score (nSPS) is 17.4. The number of amides is 2. The molecule has 0 radical (unpaired) electrons. The lowest BCUT2D eigenvalue weighted by atomic mass is 10.0. The van der Waals surface area contributed by atoms with Gasteiger partial charge in [-0.1, -0.05) is 29.8 Å². The zero-order valence-corrected chi connectivity index (χ0v) is 14.0. The third kappa shape index (κ3) is 4.35. The predicted octanol–water partition coefficient (Wildman–Crippen LogP) is 3.31. The van der Waals surface area contributed by atoms with Gasteiger partial charge in [0.15, 0.2) is 0 Å². The molecule has 2 amide bonds. The molecule has 1 fully saturated rings. The van der Waals surface area contributed by atoms with Crippen molar-refractivity contribution < 1.29 is 4.79 Å². The second kappa shape index (κ2) is 7.97. The van der Waals surface area contributed by atoms with Crippen molar-refractivity contribution in [1.82, 2.24) is 15.3 Å². The molecule has 0 saturated carbocycles. The van der Waals surface area contributed by atoms with Crippen LogP contribution in [0.25, 0.3) is 0 Å². The van der Waals surface area contributed by atoms with E-state index in [1.54, 1.807) is 12.4 Å². The fraction of sp³-hybridized carbons (Fsp3) is 0.353. The number of urea groups is 1. The van der Waals surface area contributed by atoms with Crippen LogP contribution in [0.2, 0.25) is 5.02 Å². The number of halogens is 1. The van der Waals surface area contributed by atoms with Gasteiger partial charge in [0.2, 0.25) is 5.95 Å². The zero-order chi connectivity index (χ0) is 16.8.